The molecular weight excluding hydrogens is 280 g/mol. The van der Waals surface area contributed by atoms with Gasteiger partial charge in [-0.25, -0.2) is 0 Å². The van der Waals surface area contributed by atoms with Gasteiger partial charge in [-0.05, 0) is 37.9 Å². The minimum atomic E-state index is -0.381. The molecule has 3 N–H and O–H groups in total. The molecule has 1 aromatic rings. The van der Waals surface area contributed by atoms with Crippen LogP contribution in [0.4, 0.5) is 0 Å². The van der Waals surface area contributed by atoms with Gasteiger partial charge < -0.3 is 25.2 Å². The van der Waals surface area contributed by atoms with E-state index < -0.39 is 0 Å². The molecule has 0 aliphatic carbocycles. The molecule has 0 spiro atoms. The van der Waals surface area contributed by atoms with E-state index in [4.69, 9.17) is 4.74 Å². The zero-order valence-electron chi connectivity index (χ0n) is 13.6. The van der Waals surface area contributed by atoms with Crippen LogP contribution in [-0.4, -0.2) is 54.5 Å². The van der Waals surface area contributed by atoms with Gasteiger partial charge in [0.05, 0.1) is 13.2 Å². The molecule has 1 unspecified atom stereocenters. The molecular formula is C17H28N2O3. The number of hydrogen-bond acceptors (Lipinski definition) is 5. The summed E-state index contributed by atoms with van der Waals surface area (Å²) in [5, 5.41) is 23.2. The van der Waals surface area contributed by atoms with Crippen molar-refractivity contribution in [2.24, 2.45) is 5.92 Å². The van der Waals surface area contributed by atoms with Gasteiger partial charge in [0.25, 0.3) is 0 Å². The van der Waals surface area contributed by atoms with Crippen LogP contribution in [0.3, 0.4) is 0 Å². The van der Waals surface area contributed by atoms with Crippen molar-refractivity contribution in [3.05, 3.63) is 23.8 Å². The van der Waals surface area contributed by atoms with Gasteiger partial charge in [-0.3, -0.25) is 0 Å². The predicted molar refractivity (Wildman–Crippen MR) is 87.2 cm³/mol. The zero-order chi connectivity index (χ0) is 15.9. The molecule has 5 heteroatoms. The van der Waals surface area contributed by atoms with E-state index in [9.17, 15) is 10.2 Å². The highest BCUT2D eigenvalue weighted by molar-refractivity contribution is 5.39. The molecule has 0 radical (unpaired) electrons. The van der Waals surface area contributed by atoms with Gasteiger partial charge in [-0.1, -0.05) is 13.0 Å². The van der Waals surface area contributed by atoms with Crippen molar-refractivity contribution in [2.75, 3.05) is 33.3 Å². The van der Waals surface area contributed by atoms with E-state index in [1.807, 2.05) is 12.1 Å². The van der Waals surface area contributed by atoms with Crippen LogP contribution in [0.2, 0.25) is 0 Å². The van der Waals surface area contributed by atoms with E-state index in [0.717, 1.165) is 24.6 Å². The summed E-state index contributed by atoms with van der Waals surface area (Å²) in [6.07, 6.45) is 2.06. The standard InChI is InChI=1S/C17H28N2O3/c1-13-5-7-19(8-6-13)12-15(20)11-18-10-14-3-4-16(22-2)9-17(14)21/h3-4,9,13,15,18,20-21H,5-8,10-12H2,1-2H3. The maximum atomic E-state index is 10.1. The molecule has 124 valence electrons. The summed E-state index contributed by atoms with van der Waals surface area (Å²) in [5.41, 5.74) is 0.805. The minimum Gasteiger partial charge on any atom is -0.507 e. The second kappa shape index (κ2) is 8.36. The maximum absolute atomic E-state index is 10.1. The second-order valence-electron chi connectivity index (χ2n) is 6.26. The number of ether oxygens (including phenoxy) is 1. The first-order valence-electron chi connectivity index (χ1n) is 8.05. The molecule has 1 aromatic carbocycles. The van der Waals surface area contributed by atoms with Crippen LogP contribution < -0.4 is 10.1 Å². The molecule has 5 nitrogen and oxygen atoms in total. The summed E-state index contributed by atoms with van der Waals surface area (Å²) in [6, 6.07) is 5.25. The van der Waals surface area contributed by atoms with Crippen LogP contribution in [0.5, 0.6) is 11.5 Å². The SMILES string of the molecule is COc1ccc(CNCC(O)CN2CCC(C)CC2)c(O)c1. The number of benzene rings is 1. The quantitative estimate of drug-likeness (QED) is 0.714. The first-order chi connectivity index (χ1) is 10.6. The molecule has 1 fully saturated rings. The Bertz CT molecular complexity index is 459. The summed E-state index contributed by atoms with van der Waals surface area (Å²) < 4.78 is 5.06. The number of rotatable bonds is 7. The fourth-order valence-corrected chi connectivity index (χ4v) is 2.80. The Morgan fingerprint density at radius 3 is 2.73 bits per heavy atom. The van der Waals surface area contributed by atoms with E-state index in [1.54, 1.807) is 13.2 Å². The van der Waals surface area contributed by atoms with Crippen molar-refractivity contribution in [3.63, 3.8) is 0 Å². The highest BCUT2D eigenvalue weighted by Gasteiger charge is 2.18. The number of methoxy groups -OCH3 is 1. The average molecular weight is 308 g/mol. The number of aromatic hydroxyl groups is 1. The third-order valence-corrected chi connectivity index (χ3v) is 4.33. The number of hydrogen-bond donors (Lipinski definition) is 3. The monoisotopic (exact) mass is 308 g/mol. The number of likely N-dealkylation sites (tertiary alicyclic amines) is 1. The number of phenols is 1. The fourth-order valence-electron chi connectivity index (χ4n) is 2.80. The van der Waals surface area contributed by atoms with Crippen molar-refractivity contribution in [3.8, 4) is 11.5 Å². The van der Waals surface area contributed by atoms with Gasteiger partial charge >= 0.3 is 0 Å². The Balaban J connectivity index is 1.69. The Kier molecular flexibility index (Phi) is 6.49. The first-order valence-corrected chi connectivity index (χ1v) is 8.05. The molecule has 0 aromatic heterocycles. The molecule has 2 rings (SSSR count). The van der Waals surface area contributed by atoms with Gasteiger partial charge in [-0.15, -0.1) is 0 Å². The second-order valence-corrected chi connectivity index (χ2v) is 6.26. The number of β-amino-alcohol motifs (C(OH)–C–C–N with tert-alkyl or cyclic N) is 1. The summed E-state index contributed by atoms with van der Waals surface area (Å²) in [6.45, 7) is 6.22. The Labute approximate surface area is 132 Å². The van der Waals surface area contributed by atoms with Gasteiger partial charge in [0, 0.05) is 31.3 Å². The maximum Gasteiger partial charge on any atom is 0.123 e. The summed E-state index contributed by atoms with van der Waals surface area (Å²) >= 11 is 0. The molecule has 0 amide bonds. The van der Waals surface area contributed by atoms with E-state index in [0.29, 0.717) is 25.4 Å². The molecule has 1 aliphatic rings. The lowest BCUT2D eigenvalue weighted by molar-refractivity contribution is 0.0906. The molecule has 0 bridgehead atoms. The minimum absolute atomic E-state index is 0.214. The van der Waals surface area contributed by atoms with Crippen LogP contribution >= 0.6 is 0 Å². The number of piperidine rings is 1. The molecule has 1 aliphatic heterocycles. The molecule has 1 saturated heterocycles. The molecule has 1 heterocycles. The molecule has 0 saturated carbocycles. The summed E-state index contributed by atoms with van der Waals surface area (Å²) in [7, 11) is 1.57. The van der Waals surface area contributed by atoms with Crippen molar-refractivity contribution in [1.29, 1.82) is 0 Å². The lowest BCUT2D eigenvalue weighted by Crippen LogP contribution is -2.41. The van der Waals surface area contributed by atoms with Crippen molar-refractivity contribution in [1.82, 2.24) is 10.2 Å². The summed E-state index contributed by atoms with van der Waals surface area (Å²) in [4.78, 5) is 2.33. The summed E-state index contributed by atoms with van der Waals surface area (Å²) in [5.74, 6) is 1.66. The Morgan fingerprint density at radius 2 is 2.09 bits per heavy atom. The molecule has 1 atom stereocenters. The fraction of sp³-hybridized carbons (Fsp3) is 0.647. The van der Waals surface area contributed by atoms with Crippen molar-refractivity contribution < 1.29 is 14.9 Å². The number of aliphatic hydroxyl groups excluding tert-OH is 1. The first kappa shape index (κ1) is 17.1. The largest absolute Gasteiger partial charge is 0.507 e. The number of aliphatic hydroxyl groups is 1. The van der Waals surface area contributed by atoms with Crippen LogP contribution in [0, 0.1) is 5.92 Å². The Morgan fingerprint density at radius 1 is 1.36 bits per heavy atom. The van der Waals surface area contributed by atoms with Crippen LogP contribution in [0.15, 0.2) is 18.2 Å². The highest BCUT2D eigenvalue weighted by Crippen LogP contribution is 2.23. The topological polar surface area (TPSA) is 65.0 Å². The Hall–Kier alpha value is -1.30. The number of nitrogens with zero attached hydrogens (tertiary/aromatic N) is 1. The average Bonchev–Trinajstić information content (AvgIpc) is 2.51. The van der Waals surface area contributed by atoms with E-state index >= 15 is 0 Å². The zero-order valence-corrected chi connectivity index (χ0v) is 13.6. The third kappa shape index (κ3) is 5.16. The van der Waals surface area contributed by atoms with Gasteiger partial charge in [0.1, 0.15) is 11.5 Å². The van der Waals surface area contributed by atoms with Gasteiger partial charge in [0.2, 0.25) is 0 Å². The van der Waals surface area contributed by atoms with Gasteiger partial charge in [-0.2, -0.15) is 0 Å². The van der Waals surface area contributed by atoms with E-state index in [2.05, 4.69) is 17.1 Å². The molecule has 22 heavy (non-hydrogen) atoms. The van der Waals surface area contributed by atoms with Crippen molar-refractivity contribution >= 4 is 0 Å². The highest BCUT2D eigenvalue weighted by atomic mass is 16.5. The van der Waals surface area contributed by atoms with Crippen LogP contribution in [0.1, 0.15) is 25.3 Å². The lowest BCUT2D eigenvalue weighted by atomic mass is 9.99. The van der Waals surface area contributed by atoms with Crippen LogP contribution in [0.25, 0.3) is 0 Å². The van der Waals surface area contributed by atoms with E-state index in [1.165, 1.54) is 12.8 Å². The number of nitrogens with one attached hydrogen (secondary N) is 1. The number of phenolic OH excluding ortho intramolecular Hbond substituents is 1. The predicted octanol–water partition coefficient (Wildman–Crippen LogP) is 1.58. The lowest BCUT2D eigenvalue weighted by Gasteiger charge is -2.31. The smallest absolute Gasteiger partial charge is 0.123 e. The van der Waals surface area contributed by atoms with Crippen LogP contribution in [-0.2, 0) is 6.54 Å². The van der Waals surface area contributed by atoms with E-state index in [-0.39, 0.29) is 11.9 Å². The normalized spacial score (nSPS) is 18.3. The van der Waals surface area contributed by atoms with Gasteiger partial charge in [0.15, 0.2) is 0 Å². The third-order valence-electron chi connectivity index (χ3n) is 4.33. The van der Waals surface area contributed by atoms with Crippen molar-refractivity contribution in [2.45, 2.75) is 32.4 Å².